The first kappa shape index (κ1) is 15.2. The number of carboxylic acid groups (broad SMARTS) is 1. The predicted molar refractivity (Wildman–Crippen MR) is 73.5 cm³/mol. The van der Waals surface area contributed by atoms with E-state index in [0.29, 0.717) is 25.2 Å². The van der Waals surface area contributed by atoms with Crippen LogP contribution in [0.4, 0.5) is 5.82 Å². The molecule has 0 aliphatic carbocycles. The van der Waals surface area contributed by atoms with Gasteiger partial charge in [-0.1, -0.05) is 0 Å². The largest absolute Gasteiger partial charge is 0.481 e. The van der Waals surface area contributed by atoms with Gasteiger partial charge in [0.05, 0.1) is 0 Å². The Morgan fingerprint density at radius 2 is 2.11 bits per heavy atom. The third-order valence-electron chi connectivity index (χ3n) is 2.67. The molecule has 6 heteroatoms. The third kappa shape index (κ3) is 4.73. The van der Waals surface area contributed by atoms with Crippen molar-refractivity contribution in [2.45, 2.75) is 45.6 Å². The summed E-state index contributed by atoms with van der Waals surface area (Å²) in [6.07, 6.45) is 4.68. The first-order valence-corrected chi connectivity index (χ1v) is 6.36. The Morgan fingerprint density at radius 1 is 1.42 bits per heavy atom. The minimum absolute atomic E-state index is 0.149. The lowest BCUT2D eigenvalue weighted by Crippen LogP contribution is -2.35. The molecule has 0 saturated carbocycles. The van der Waals surface area contributed by atoms with Crippen molar-refractivity contribution >= 4 is 11.8 Å². The fraction of sp³-hybridized carbons (Fsp3) is 0.615. The van der Waals surface area contributed by atoms with Gasteiger partial charge in [0.25, 0.3) is 5.56 Å². The van der Waals surface area contributed by atoms with Gasteiger partial charge in [-0.3, -0.25) is 9.59 Å². The lowest BCUT2D eigenvalue weighted by atomic mass is 10.1. The number of rotatable bonds is 6. The summed E-state index contributed by atoms with van der Waals surface area (Å²) in [5.74, 6) is -0.485. The number of hydrogen-bond donors (Lipinski definition) is 2. The summed E-state index contributed by atoms with van der Waals surface area (Å²) in [7, 11) is 0. The molecule has 0 atom stereocenters. The highest BCUT2D eigenvalue weighted by atomic mass is 16.4. The van der Waals surface area contributed by atoms with Gasteiger partial charge in [0.2, 0.25) is 0 Å². The minimum atomic E-state index is -0.798. The van der Waals surface area contributed by atoms with E-state index in [-0.39, 0.29) is 17.5 Å². The Morgan fingerprint density at radius 3 is 2.68 bits per heavy atom. The third-order valence-corrected chi connectivity index (χ3v) is 2.67. The van der Waals surface area contributed by atoms with Gasteiger partial charge < -0.3 is 15.0 Å². The predicted octanol–water partition coefficient (Wildman–Crippen LogP) is 1.67. The fourth-order valence-corrected chi connectivity index (χ4v) is 1.67. The molecule has 0 fully saturated rings. The number of hydrogen-bond acceptors (Lipinski definition) is 4. The van der Waals surface area contributed by atoms with E-state index in [1.807, 2.05) is 20.8 Å². The highest BCUT2D eigenvalue weighted by molar-refractivity contribution is 5.66. The molecule has 0 bridgehead atoms. The van der Waals surface area contributed by atoms with E-state index < -0.39 is 5.97 Å². The first-order valence-electron chi connectivity index (χ1n) is 6.36. The highest BCUT2D eigenvalue weighted by Crippen LogP contribution is 2.10. The van der Waals surface area contributed by atoms with Crippen LogP contribution in [0, 0.1) is 0 Å². The maximum absolute atomic E-state index is 12.1. The van der Waals surface area contributed by atoms with Crippen molar-refractivity contribution in [2.24, 2.45) is 0 Å². The van der Waals surface area contributed by atoms with Gasteiger partial charge in [-0.2, -0.15) is 0 Å². The van der Waals surface area contributed by atoms with Crippen LogP contribution < -0.4 is 10.9 Å². The van der Waals surface area contributed by atoms with Gasteiger partial charge in [-0.25, -0.2) is 4.98 Å². The summed E-state index contributed by atoms with van der Waals surface area (Å²) in [6.45, 7) is 6.39. The molecule has 1 aromatic heterocycles. The Bertz CT molecular complexity index is 489. The van der Waals surface area contributed by atoms with Crippen molar-refractivity contribution in [3.63, 3.8) is 0 Å². The van der Waals surface area contributed by atoms with Crippen LogP contribution in [0.5, 0.6) is 0 Å². The van der Waals surface area contributed by atoms with Crippen molar-refractivity contribution in [2.75, 3.05) is 11.9 Å². The summed E-state index contributed by atoms with van der Waals surface area (Å²) in [6, 6.07) is 0. The SMILES string of the molecule is CC(C)(C)n1ccnc(NCCCCC(=O)O)c1=O. The van der Waals surface area contributed by atoms with Crippen LogP contribution >= 0.6 is 0 Å². The number of nitrogens with one attached hydrogen (secondary N) is 1. The second kappa shape index (κ2) is 6.36. The molecule has 19 heavy (non-hydrogen) atoms. The molecule has 0 unspecified atom stereocenters. The lowest BCUT2D eigenvalue weighted by molar-refractivity contribution is -0.137. The van der Waals surface area contributed by atoms with Crippen LogP contribution in [0.25, 0.3) is 0 Å². The molecule has 0 radical (unpaired) electrons. The van der Waals surface area contributed by atoms with Crippen molar-refractivity contribution in [3.8, 4) is 0 Å². The van der Waals surface area contributed by atoms with Gasteiger partial charge in [-0.15, -0.1) is 0 Å². The molecule has 0 saturated heterocycles. The number of carbonyl (C=O) groups is 1. The standard InChI is InChI=1S/C13H21N3O3/c1-13(2,3)16-9-8-15-11(12(16)19)14-7-5-4-6-10(17)18/h8-9H,4-7H2,1-3H3,(H,14,15)(H,17,18). The summed E-state index contributed by atoms with van der Waals surface area (Å²) >= 11 is 0. The van der Waals surface area contributed by atoms with Crippen LogP contribution in [0.15, 0.2) is 17.2 Å². The number of aromatic nitrogens is 2. The lowest BCUT2D eigenvalue weighted by Gasteiger charge is -2.22. The summed E-state index contributed by atoms with van der Waals surface area (Å²) < 4.78 is 1.62. The molecule has 6 nitrogen and oxygen atoms in total. The van der Waals surface area contributed by atoms with Crippen LogP contribution in [-0.4, -0.2) is 27.2 Å². The maximum atomic E-state index is 12.1. The average Bonchev–Trinajstić information content (AvgIpc) is 2.28. The number of nitrogens with zero attached hydrogens (tertiary/aromatic N) is 2. The van der Waals surface area contributed by atoms with Crippen molar-refractivity contribution < 1.29 is 9.90 Å². The molecule has 0 aromatic carbocycles. The molecule has 2 N–H and O–H groups in total. The van der Waals surface area contributed by atoms with Gasteiger partial charge in [0.1, 0.15) is 0 Å². The fourth-order valence-electron chi connectivity index (χ4n) is 1.67. The zero-order chi connectivity index (χ0) is 14.5. The second-order valence-corrected chi connectivity index (χ2v) is 5.40. The quantitative estimate of drug-likeness (QED) is 0.766. The number of unbranched alkanes of at least 4 members (excludes halogenated alkanes) is 1. The summed E-state index contributed by atoms with van der Waals surface area (Å²) in [5.41, 5.74) is -0.451. The molecule has 0 spiro atoms. The van der Waals surface area contributed by atoms with E-state index in [1.54, 1.807) is 17.0 Å². The van der Waals surface area contributed by atoms with Crippen molar-refractivity contribution in [1.82, 2.24) is 9.55 Å². The second-order valence-electron chi connectivity index (χ2n) is 5.40. The molecule has 0 aliphatic rings. The first-order chi connectivity index (χ1) is 8.82. The summed E-state index contributed by atoms with van der Waals surface area (Å²) in [5, 5.41) is 11.5. The van der Waals surface area contributed by atoms with Crippen molar-refractivity contribution in [3.05, 3.63) is 22.7 Å². The van der Waals surface area contributed by atoms with Gasteiger partial charge in [0.15, 0.2) is 5.82 Å². The van der Waals surface area contributed by atoms with E-state index in [9.17, 15) is 9.59 Å². The van der Waals surface area contributed by atoms with Crippen LogP contribution in [-0.2, 0) is 10.3 Å². The molecular weight excluding hydrogens is 246 g/mol. The Kier molecular flexibility index (Phi) is 5.09. The summed E-state index contributed by atoms with van der Waals surface area (Å²) in [4.78, 5) is 26.5. The van der Waals surface area contributed by atoms with Crippen molar-refractivity contribution in [1.29, 1.82) is 0 Å². The molecule has 0 amide bonds. The van der Waals surface area contributed by atoms with Crippen LogP contribution in [0.1, 0.15) is 40.0 Å². The monoisotopic (exact) mass is 267 g/mol. The number of carboxylic acids is 1. The normalized spacial score (nSPS) is 11.3. The molecule has 106 valence electrons. The van der Waals surface area contributed by atoms with E-state index >= 15 is 0 Å². The highest BCUT2D eigenvalue weighted by Gasteiger charge is 2.16. The topological polar surface area (TPSA) is 84.2 Å². The van der Waals surface area contributed by atoms with Crippen LogP contribution in [0.3, 0.4) is 0 Å². The zero-order valence-electron chi connectivity index (χ0n) is 11.6. The molecular formula is C13H21N3O3. The molecule has 0 aliphatic heterocycles. The van der Waals surface area contributed by atoms with Gasteiger partial charge in [-0.05, 0) is 33.6 Å². The van der Waals surface area contributed by atoms with E-state index in [2.05, 4.69) is 10.3 Å². The maximum Gasteiger partial charge on any atom is 0.303 e. The van der Waals surface area contributed by atoms with E-state index in [0.717, 1.165) is 0 Å². The van der Waals surface area contributed by atoms with E-state index in [1.165, 1.54) is 0 Å². The molecule has 1 aromatic rings. The zero-order valence-corrected chi connectivity index (χ0v) is 11.6. The number of anilines is 1. The van der Waals surface area contributed by atoms with E-state index in [4.69, 9.17) is 5.11 Å². The average molecular weight is 267 g/mol. The Balaban J connectivity index is 2.60. The van der Waals surface area contributed by atoms with Crippen LogP contribution in [0.2, 0.25) is 0 Å². The minimum Gasteiger partial charge on any atom is -0.481 e. The molecule has 1 heterocycles. The Labute approximate surface area is 112 Å². The Hall–Kier alpha value is -1.85. The van der Waals surface area contributed by atoms with Gasteiger partial charge >= 0.3 is 5.97 Å². The molecule has 1 rings (SSSR count). The number of aliphatic carboxylic acids is 1. The van der Waals surface area contributed by atoms with Gasteiger partial charge in [0, 0.05) is 30.9 Å². The smallest absolute Gasteiger partial charge is 0.303 e.